The van der Waals surface area contributed by atoms with E-state index in [4.69, 9.17) is 17.3 Å². The summed E-state index contributed by atoms with van der Waals surface area (Å²) in [4.78, 5) is 0. The van der Waals surface area contributed by atoms with Crippen molar-refractivity contribution in [1.29, 1.82) is 0 Å². The summed E-state index contributed by atoms with van der Waals surface area (Å²) >= 11 is 7.67. The quantitative estimate of drug-likeness (QED) is 0.858. The lowest BCUT2D eigenvalue weighted by Gasteiger charge is -2.14. The third-order valence-electron chi connectivity index (χ3n) is 2.17. The third kappa shape index (κ3) is 3.91. The summed E-state index contributed by atoms with van der Waals surface area (Å²) in [5, 5.41) is 1.28. The van der Waals surface area contributed by atoms with Crippen LogP contribution < -0.4 is 5.73 Å². The molecule has 78 valence electrons. The molecule has 1 aromatic carbocycles. The molecule has 0 amide bonds. The fourth-order valence-corrected chi connectivity index (χ4v) is 2.04. The summed E-state index contributed by atoms with van der Waals surface area (Å²) in [6.45, 7) is 4.20. The maximum atomic E-state index is 5.80. The molecule has 1 nitrogen and oxygen atoms in total. The third-order valence-corrected chi connectivity index (χ3v) is 3.87. The van der Waals surface area contributed by atoms with Crippen molar-refractivity contribution in [2.75, 3.05) is 0 Å². The summed E-state index contributed by atoms with van der Waals surface area (Å²) in [6.07, 6.45) is 0. The van der Waals surface area contributed by atoms with Gasteiger partial charge in [-0.2, -0.15) is 11.8 Å². The molecule has 0 aromatic heterocycles. The summed E-state index contributed by atoms with van der Waals surface area (Å²) < 4.78 is 0. The Labute approximate surface area is 95.0 Å². The van der Waals surface area contributed by atoms with Crippen molar-refractivity contribution in [1.82, 2.24) is 0 Å². The number of thioether (sulfide) groups is 1. The molecule has 0 aliphatic heterocycles. The molecule has 2 atom stereocenters. The predicted octanol–water partition coefficient (Wildman–Crippen LogP) is 3.31. The van der Waals surface area contributed by atoms with Crippen LogP contribution in [0.5, 0.6) is 0 Å². The van der Waals surface area contributed by atoms with Gasteiger partial charge in [-0.3, -0.25) is 0 Å². The molecule has 0 spiro atoms. The Bertz CT molecular complexity index is 271. The van der Waals surface area contributed by atoms with Crippen molar-refractivity contribution in [2.24, 2.45) is 5.73 Å². The Balaban J connectivity index is 2.42. The van der Waals surface area contributed by atoms with Crippen molar-refractivity contribution in [3.05, 3.63) is 34.9 Å². The van der Waals surface area contributed by atoms with Gasteiger partial charge in [0, 0.05) is 22.1 Å². The lowest BCUT2D eigenvalue weighted by molar-refractivity contribution is 0.730. The topological polar surface area (TPSA) is 26.0 Å². The molecular formula is C11H16ClNS. The van der Waals surface area contributed by atoms with E-state index in [9.17, 15) is 0 Å². The first kappa shape index (κ1) is 11.9. The van der Waals surface area contributed by atoms with Crippen LogP contribution in [0.3, 0.4) is 0 Å². The molecular weight excluding hydrogens is 214 g/mol. The SMILES string of the molecule is CC(N)C(C)SCc1ccc(Cl)cc1. The number of hydrogen-bond acceptors (Lipinski definition) is 2. The fraction of sp³-hybridized carbons (Fsp3) is 0.455. The molecule has 0 fully saturated rings. The van der Waals surface area contributed by atoms with Crippen LogP contribution in [0.1, 0.15) is 19.4 Å². The van der Waals surface area contributed by atoms with E-state index >= 15 is 0 Å². The number of hydrogen-bond donors (Lipinski definition) is 1. The Morgan fingerprint density at radius 3 is 2.36 bits per heavy atom. The first-order valence-electron chi connectivity index (χ1n) is 4.71. The van der Waals surface area contributed by atoms with Crippen LogP contribution >= 0.6 is 23.4 Å². The molecule has 1 rings (SSSR count). The average molecular weight is 230 g/mol. The average Bonchev–Trinajstić information content (AvgIpc) is 2.16. The van der Waals surface area contributed by atoms with Crippen LogP contribution in [-0.2, 0) is 5.75 Å². The van der Waals surface area contributed by atoms with E-state index in [2.05, 4.69) is 19.1 Å². The first-order valence-corrected chi connectivity index (χ1v) is 6.14. The minimum absolute atomic E-state index is 0.243. The highest BCUT2D eigenvalue weighted by atomic mass is 35.5. The largest absolute Gasteiger partial charge is 0.327 e. The second-order valence-corrected chi connectivity index (χ2v) is 5.30. The first-order chi connectivity index (χ1) is 6.59. The Morgan fingerprint density at radius 1 is 1.29 bits per heavy atom. The minimum atomic E-state index is 0.243. The summed E-state index contributed by atoms with van der Waals surface area (Å²) in [6, 6.07) is 8.21. The predicted molar refractivity (Wildman–Crippen MR) is 65.9 cm³/mol. The summed E-state index contributed by atoms with van der Waals surface area (Å²) in [5.41, 5.74) is 7.08. The molecule has 0 saturated heterocycles. The molecule has 3 heteroatoms. The highest BCUT2D eigenvalue weighted by Gasteiger charge is 2.07. The maximum Gasteiger partial charge on any atom is 0.0406 e. The van der Waals surface area contributed by atoms with Crippen LogP contribution in [0, 0.1) is 0 Å². The lowest BCUT2D eigenvalue weighted by Crippen LogP contribution is -2.26. The molecule has 0 aliphatic carbocycles. The van der Waals surface area contributed by atoms with Crippen molar-refractivity contribution in [3.8, 4) is 0 Å². The molecule has 14 heavy (non-hydrogen) atoms. The molecule has 0 aliphatic rings. The van der Waals surface area contributed by atoms with Crippen LogP contribution in [-0.4, -0.2) is 11.3 Å². The Kier molecular flexibility index (Phi) is 4.79. The van der Waals surface area contributed by atoms with E-state index in [1.54, 1.807) is 0 Å². The van der Waals surface area contributed by atoms with Gasteiger partial charge in [-0.15, -0.1) is 0 Å². The molecule has 0 saturated carbocycles. The zero-order valence-electron chi connectivity index (χ0n) is 8.53. The molecule has 0 bridgehead atoms. The van der Waals surface area contributed by atoms with Gasteiger partial charge in [0.05, 0.1) is 0 Å². The second-order valence-electron chi connectivity index (χ2n) is 3.50. The number of benzene rings is 1. The highest BCUT2D eigenvalue weighted by Crippen LogP contribution is 2.20. The standard InChI is InChI=1S/C11H16ClNS/c1-8(13)9(2)14-7-10-3-5-11(12)6-4-10/h3-6,8-9H,7,13H2,1-2H3. The van der Waals surface area contributed by atoms with Gasteiger partial charge in [-0.25, -0.2) is 0 Å². The van der Waals surface area contributed by atoms with Gasteiger partial charge < -0.3 is 5.73 Å². The second kappa shape index (κ2) is 5.64. The number of nitrogens with two attached hydrogens (primary N) is 1. The monoisotopic (exact) mass is 229 g/mol. The summed E-state index contributed by atoms with van der Waals surface area (Å²) in [5.74, 6) is 1.000. The van der Waals surface area contributed by atoms with Crippen LogP contribution in [0.2, 0.25) is 5.02 Å². The maximum absolute atomic E-state index is 5.80. The van der Waals surface area contributed by atoms with Gasteiger partial charge in [0.15, 0.2) is 0 Å². The van der Waals surface area contributed by atoms with E-state index in [0.29, 0.717) is 5.25 Å². The lowest BCUT2D eigenvalue weighted by atomic mass is 10.2. The van der Waals surface area contributed by atoms with Gasteiger partial charge in [-0.1, -0.05) is 30.7 Å². The highest BCUT2D eigenvalue weighted by molar-refractivity contribution is 7.99. The molecule has 1 aromatic rings. The van der Waals surface area contributed by atoms with Gasteiger partial charge in [0.1, 0.15) is 0 Å². The van der Waals surface area contributed by atoms with E-state index in [1.165, 1.54) is 5.56 Å². The van der Waals surface area contributed by atoms with E-state index in [-0.39, 0.29) is 6.04 Å². The van der Waals surface area contributed by atoms with Gasteiger partial charge >= 0.3 is 0 Å². The zero-order chi connectivity index (χ0) is 10.6. The van der Waals surface area contributed by atoms with Crippen LogP contribution in [0.4, 0.5) is 0 Å². The van der Waals surface area contributed by atoms with Crippen molar-refractivity contribution in [3.63, 3.8) is 0 Å². The van der Waals surface area contributed by atoms with Crippen molar-refractivity contribution in [2.45, 2.75) is 30.9 Å². The number of rotatable bonds is 4. The smallest absolute Gasteiger partial charge is 0.0406 e. The van der Waals surface area contributed by atoms with E-state index in [0.717, 1.165) is 10.8 Å². The number of halogens is 1. The molecule has 2 unspecified atom stereocenters. The summed E-state index contributed by atoms with van der Waals surface area (Å²) in [7, 11) is 0. The molecule has 0 radical (unpaired) electrons. The van der Waals surface area contributed by atoms with Crippen LogP contribution in [0.25, 0.3) is 0 Å². The van der Waals surface area contributed by atoms with Gasteiger partial charge in [-0.05, 0) is 24.6 Å². The van der Waals surface area contributed by atoms with Gasteiger partial charge in [0.25, 0.3) is 0 Å². The van der Waals surface area contributed by atoms with E-state index < -0.39 is 0 Å². The molecule has 2 N–H and O–H groups in total. The zero-order valence-corrected chi connectivity index (χ0v) is 10.1. The van der Waals surface area contributed by atoms with Crippen molar-refractivity contribution >= 4 is 23.4 Å². The van der Waals surface area contributed by atoms with E-state index in [1.807, 2.05) is 30.8 Å². The molecule has 0 heterocycles. The van der Waals surface area contributed by atoms with Gasteiger partial charge in [0.2, 0.25) is 0 Å². The Morgan fingerprint density at radius 2 is 1.86 bits per heavy atom. The fourth-order valence-electron chi connectivity index (χ4n) is 0.960. The van der Waals surface area contributed by atoms with Crippen molar-refractivity contribution < 1.29 is 0 Å². The minimum Gasteiger partial charge on any atom is -0.327 e. The van der Waals surface area contributed by atoms with Crippen LogP contribution in [0.15, 0.2) is 24.3 Å². The normalized spacial score (nSPS) is 15.1. The Hall–Kier alpha value is -0.180.